The van der Waals surface area contributed by atoms with Gasteiger partial charge in [-0.3, -0.25) is 0 Å². The van der Waals surface area contributed by atoms with E-state index >= 15 is 0 Å². The second kappa shape index (κ2) is 50.2. The zero-order valence-corrected chi connectivity index (χ0v) is 67.5. The highest BCUT2D eigenvalue weighted by Crippen LogP contribution is 2.37. The fourth-order valence-corrected chi connectivity index (χ4v) is 8.85. The van der Waals surface area contributed by atoms with Crippen molar-refractivity contribution in [2.24, 2.45) is 27.1 Å². The minimum absolute atomic E-state index is 0. The molecular weight excluding hydrogens is 1360 g/mol. The topological polar surface area (TPSA) is 396 Å². The first-order chi connectivity index (χ1) is 47.2. The number of fused-ring (bicyclic) bond motifs is 4. The van der Waals surface area contributed by atoms with E-state index in [1.807, 2.05) is 99.5 Å². The molecular formula is C61H132B12O31. The van der Waals surface area contributed by atoms with Crippen molar-refractivity contribution in [2.45, 2.75) is 181 Å². The fourth-order valence-electron chi connectivity index (χ4n) is 8.85. The molecule has 12 aliphatic rings. The van der Waals surface area contributed by atoms with Gasteiger partial charge in [-0.2, -0.15) is 0 Å². The maximum absolute atomic E-state index is 9.24. The molecule has 1 aromatic carbocycles. The molecule has 0 atom stereocenters. The predicted molar refractivity (Wildman–Crippen MR) is 411 cm³/mol. The first kappa shape index (κ1) is 104. The van der Waals surface area contributed by atoms with Gasteiger partial charge >= 0.3 is 84.7 Å². The lowest BCUT2D eigenvalue weighted by atomic mass is 9.74. The van der Waals surface area contributed by atoms with Crippen LogP contribution in [0.4, 0.5) is 0 Å². The van der Waals surface area contributed by atoms with Crippen LogP contribution in [0.2, 0.25) is 81.9 Å². The van der Waals surface area contributed by atoms with Crippen LogP contribution < -0.4 is 9.31 Å². The molecule has 2 bridgehead atoms. The molecule has 12 heterocycles. The van der Waals surface area contributed by atoms with Gasteiger partial charge in [-0.05, 0) is 128 Å². The number of hydrogen-bond acceptors (Lipinski definition) is 31. The van der Waals surface area contributed by atoms with E-state index in [4.69, 9.17) is 143 Å². The summed E-state index contributed by atoms with van der Waals surface area (Å²) in [6.07, 6.45) is 1.94. The Morgan fingerprint density at radius 2 is 0.721 bits per heavy atom. The Morgan fingerprint density at radius 1 is 0.433 bits per heavy atom. The first-order valence-corrected chi connectivity index (χ1v) is 35.5. The van der Waals surface area contributed by atoms with Crippen LogP contribution in [0.1, 0.15) is 82.1 Å². The number of benzene rings is 1. The summed E-state index contributed by atoms with van der Waals surface area (Å²) in [4.78, 5) is 0. The second-order valence-corrected chi connectivity index (χ2v) is 29.9. The third-order valence-electron chi connectivity index (χ3n) is 16.4. The zero-order valence-electron chi connectivity index (χ0n) is 67.5. The summed E-state index contributed by atoms with van der Waals surface area (Å²) >= 11 is 0. The Balaban J connectivity index is 0. The average molecular weight is 1490 g/mol. The van der Waals surface area contributed by atoms with Crippen molar-refractivity contribution >= 4 is 84.7 Å². The van der Waals surface area contributed by atoms with E-state index < -0.39 is 31.6 Å². The molecule has 13 rings (SSSR count). The number of rotatable bonds is 5. The summed E-state index contributed by atoms with van der Waals surface area (Å²) in [6.45, 7) is 48.0. The number of hydrogen-bond donors (Lipinski definition) is 10. The Hall–Kier alpha value is -1.82. The summed E-state index contributed by atoms with van der Waals surface area (Å²) in [6, 6.07) is 7.66. The van der Waals surface area contributed by atoms with Crippen molar-refractivity contribution < 1.29 is 148 Å². The van der Waals surface area contributed by atoms with Gasteiger partial charge in [0.25, 0.3) is 0 Å². The van der Waals surface area contributed by atoms with Crippen LogP contribution in [0.3, 0.4) is 0 Å². The SMILES string of the molecule is CB(O)O.CB1OC(C)(C)C(C)(C)O1.CB1OCC(C)(C)CO1.CB1OCC(C)(CO)CO1.CB1OCC(C)(O)CO1.CB1OCC(CO)(CO)CO1.CB1OCCCO1.CB1OCCO1.CB1Oc2ccccc2O1.CCC1(CO)COB(C)OC1.C[B-](O)(O)O.C[B-]12OCC(C)(CO1)CO2.[CH3+].[CH3+]. The average Bonchev–Trinajstić information content (AvgIpc) is 1.36. The minimum atomic E-state index is -3.00. The molecule has 10 N–H and O–H groups in total. The normalized spacial score (nSPS) is 24.9. The van der Waals surface area contributed by atoms with E-state index in [2.05, 4.69) is 48.5 Å². The molecule has 598 valence electrons. The molecule has 0 aliphatic carbocycles. The predicted octanol–water partition coefficient (Wildman–Crippen LogP) is 4.03. The summed E-state index contributed by atoms with van der Waals surface area (Å²) in [5, 5.41) is 83.3. The molecule has 11 saturated heterocycles. The van der Waals surface area contributed by atoms with E-state index in [-0.39, 0.29) is 138 Å². The van der Waals surface area contributed by atoms with Crippen LogP contribution >= 0.6 is 0 Å². The van der Waals surface area contributed by atoms with Gasteiger partial charge in [0.1, 0.15) is 17.1 Å². The molecule has 1 aromatic rings. The third-order valence-corrected chi connectivity index (χ3v) is 16.4. The first-order valence-electron chi connectivity index (χ1n) is 35.5. The Kier molecular flexibility index (Phi) is 50.3. The van der Waals surface area contributed by atoms with Gasteiger partial charge in [0.2, 0.25) is 0 Å². The number of aliphatic hydroxyl groups is 5. The van der Waals surface area contributed by atoms with Gasteiger partial charge < -0.3 is 148 Å². The van der Waals surface area contributed by atoms with E-state index in [0.29, 0.717) is 52.9 Å². The smallest absolute Gasteiger partial charge is 0.560 e. The minimum Gasteiger partial charge on any atom is -0.560 e. The zero-order chi connectivity index (χ0) is 77.9. The summed E-state index contributed by atoms with van der Waals surface area (Å²) in [7, 11) is -1.88. The largest absolute Gasteiger partial charge is 0.591 e. The maximum Gasteiger partial charge on any atom is 0.591 e. The van der Waals surface area contributed by atoms with Crippen LogP contribution in [0, 0.1) is 41.9 Å². The number of aliphatic hydroxyl groups excluding tert-OH is 4. The Bertz CT molecular complexity index is 2130. The van der Waals surface area contributed by atoms with Crippen LogP contribution in [-0.2, 0) is 88.4 Å². The molecule has 0 radical (unpaired) electrons. The molecule has 0 amide bonds. The van der Waals surface area contributed by atoms with E-state index in [9.17, 15) is 5.11 Å². The molecule has 31 nitrogen and oxygen atoms in total. The van der Waals surface area contributed by atoms with E-state index in [1.165, 1.54) is 6.82 Å². The highest BCUT2D eigenvalue weighted by atomic mass is 16.8. The van der Waals surface area contributed by atoms with Gasteiger partial charge in [-0.15, -0.1) is 13.6 Å². The van der Waals surface area contributed by atoms with E-state index in [0.717, 1.165) is 90.6 Å². The quantitative estimate of drug-likeness (QED) is 0.147. The number of para-hydroxylation sites is 2. The van der Waals surface area contributed by atoms with Crippen molar-refractivity contribution in [1.29, 1.82) is 0 Å². The van der Waals surface area contributed by atoms with Crippen LogP contribution in [0.25, 0.3) is 0 Å². The second-order valence-electron chi connectivity index (χ2n) is 29.9. The molecule has 0 unspecified atom stereocenters. The van der Waals surface area contributed by atoms with Crippen molar-refractivity contribution in [1.82, 2.24) is 0 Å². The van der Waals surface area contributed by atoms with Crippen molar-refractivity contribution in [3.63, 3.8) is 0 Å². The van der Waals surface area contributed by atoms with Crippen molar-refractivity contribution in [3.05, 3.63) is 39.1 Å². The van der Waals surface area contributed by atoms with Crippen LogP contribution in [0.15, 0.2) is 24.3 Å². The molecule has 43 heteroatoms. The van der Waals surface area contributed by atoms with Crippen molar-refractivity contribution in [2.75, 3.05) is 139 Å². The molecule has 12 aliphatic heterocycles. The standard InChI is InChI=1S/C7H15BO3.C7H7BO2.C7H15BO2.C6H13BO4.C6H12BO3.C6H13BO3.C6H13BO2.C5H11BO3.C4H9BO2.C3H7BO2.CH6BO3.CH5BO2.2CH3/c1-3-7(4-9)5-10-8(2)11-6-7;1-8-9-6-4-2-3-5-7(6)10-8;1-6(2)7(3,4)10-8(5)9-6;1-7-10-4-6(2-8,3-9)5-11-7;1-6-3-8-7(2,9-4-6)10-5-6;1-6(3-8)4-9-7(2)10-5-6;1-6(2)4-8-7(3)9-5-6;1-5(7)3-8-6(2)9-4-5;1-5-6-3-2-4-7-5;1-4-5-2-3-6-4;1-2(3,4)5;1-2(3)4;;/h9H,3-6H2,1-2H3;2-5H,1H3;1-5H3;8-9H,2-5H2,1H3;3-5H2,1-2H3;8H,3-5H2,1-2H3;4-5H2,1-3H3;7H,3-4H2,1-2H3;2-4H2,1H3;2-3H2,1H3;3-5H,1H3;3-4H,1H3;2*1H3/q;;;;-1;;;;;;-1;;2*+1. The van der Waals surface area contributed by atoms with Crippen LogP contribution in [0.5, 0.6) is 11.5 Å². The highest BCUT2D eigenvalue weighted by molar-refractivity contribution is 6.59. The molecule has 0 spiro atoms. The lowest BCUT2D eigenvalue weighted by Gasteiger charge is -2.56. The van der Waals surface area contributed by atoms with Crippen LogP contribution in [-0.4, -0.2) is 291 Å². The van der Waals surface area contributed by atoms with Gasteiger partial charge in [-0.25, -0.2) is 0 Å². The Labute approximate surface area is 627 Å². The summed E-state index contributed by atoms with van der Waals surface area (Å²) in [5.41, 5.74) is -1.71. The third kappa shape index (κ3) is 45.5. The molecule has 0 saturated carbocycles. The Morgan fingerprint density at radius 3 is 0.952 bits per heavy atom. The lowest BCUT2D eigenvalue weighted by molar-refractivity contribution is -0.123. The van der Waals surface area contributed by atoms with E-state index in [1.54, 1.807) is 13.7 Å². The summed E-state index contributed by atoms with van der Waals surface area (Å²) < 4.78 is 110. The van der Waals surface area contributed by atoms with Gasteiger partial charge in [0.15, 0.2) is 0 Å². The molecule has 104 heavy (non-hydrogen) atoms. The molecule has 0 aromatic heterocycles. The molecule has 11 fully saturated rings. The van der Waals surface area contributed by atoms with Crippen molar-refractivity contribution in [3.8, 4) is 11.5 Å². The summed E-state index contributed by atoms with van der Waals surface area (Å²) in [5.74, 6) is 1.69. The monoisotopic (exact) mass is 1490 g/mol. The maximum atomic E-state index is 9.24. The van der Waals surface area contributed by atoms with Gasteiger partial charge in [0, 0.05) is 122 Å². The van der Waals surface area contributed by atoms with Gasteiger partial charge in [0.05, 0.1) is 69.5 Å². The van der Waals surface area contributed by atoms with Gasteiger partial charge in [-0.1, -0.05) is 46.8 Å². The fraction of sp³-hybridized carbons (Fsp3) is 0.869. The highest BCUT2D eigenvalue weighted by Gasteiger charge is 2.49. The lowest BCUT2D eigenvalue weighted by Crippen LogP contribution is -2.61.